The van der Waals surface area contributed by atoms with Gasteiger partial charge in [-0.15, -0.1) is 0 Å². The number of carbonyl (C=O) groups is 2. The monoisotopic (exact) mass is 590 g/mol. The number of carbonyl (C=O) groups excluding carboxylic acids is 1. The highest BCUT2D eigenvalue weighted by Gasteiger charge is 2.53. The second-order valence-corrected chi connectivity index (χ2v) is 9.66. The van der Waals surface area contributed by atoms with Gasteiger partial charge in [-0.1, -0.05) is 42.5 Å². The van der Waals surface area contributed by atoms with Gasteiger partial charge >= 0.3 is 12.0 Å². The SMILES string of the molecule is CCNC(=O)Nc1ncnc2c1ncn2C1OC(COc2cccc(F)c2C(=O)O)C2OC(C=Cc3ccccc3)OC21. The Hall–Kier alpha value is -4.92. The summed E-state index contributed by atoms with van der Waals surface area (Å²) in [5, 5.41) is 14.8. The van der Waals surface area contributed by atoms with E-state index in [1.165, 1.54) is 24.8 Å². The standard InChI is InChI=1S/C29H27FN6O7/c1-2-31-29(39)35-25-22-26(33-14-32-25)36(15-34-22)27-24-23(42-20(43-24)12-11-16-7-4-3-5-8-16)19(41-27)13-40-18-10-6-9-17(30)21(18)28(37)38/h3-12,14-15,19-20,23-24,27H,2,13H2,1H3,(H,37,38)(H2,31,32,33,35,39). The Balaban J connectivity index is 1.28. The van der Waals surface area contributed by atoms with Crippen LogP contribution < -0.4 is 15.4 Å². The van der Waals surface area contributed by atoms with E-state index < -0.39 is 54.2 Å². The molecule has 0 saturated carbocycles. The third-order valence-corrected chi connectivity index (χ3v) is 6.91. The first-order valence-electron chi connectivity index (χ1n) is 13.5. The van der Waals surface area contributed by atoms with Crippen molar-refractivity contribution in [2.45, 2.75) is 37.8 Å². The Morgan fingerprint density at radius 1 is 1.07 bits per heavy atom. The van der Waals surface area contributed by atoms with E-state index in [9.17, 15) is 19.1 Å². The molecule has 3 N–H and O–H groups in total. The van der Waals surface area contributed by atoms with Crippen LogP contribution in [0, 0.1) is 5.82 Å². The summed E-state index contributed by atoms with van der Waals surface area (Å²) in [5.74, 6) is -2.30. The van der Waals surface area contributed by atoms with Crippen molar-refractivity contribution < 1.29 is 38.0 Å². The molecule has 0 aliphatic carbocycles. The van der Waals surface area contributed by atoms with Crippen molar-refractivity contribution in [2.75, 3.05) is 18.5 Å². The molecule has 43 heavy (non-hydrogen) atoms. The van der Waals surface area contributed by atoms with Crippen molar-refractivity contribution in [3.63, 3.8) is 0 Å². The van der Waals surface area contributed by atoms with Crippen LogP contribution in [0.15, 0.2) is 67.3 Å². The van der Waals surface area contributed by atoms with E-state index in [-0.39, 0.29) is 18.2 Å². The van der Waals surface area contributed by atoms with E-state index in [1.54, 1.807) is 17.6 Å². The average molecular weight is 591 g/mol. The van der Waals surface area contributed by atoms with Gasteiger partial charge in [0.2, 0.25) is 0 Å². The number of anilines is 1. The molecule has 222 valence electrons. The van der Waals surface area contributed by atoms with Crippen LogP contribution in [0.5, 0.6) is 5.75 Å². The van der Waals surface area contributed by atoms with E-state index in [2.05, 4.69) is 25.6 Å². The average Bonchev–Trinajstić information content (AvgIpc) is 3.70. The Kier molecular flexibility index (Phi) is 7.96. The van der Waals surface area contributed by atoms with Crippen LogP contribution in [0.4, 0.5) is 15.0 Å². The zero-order valence-corrected chi connectivity index (χ0v) is 22.8. The fourth-order valence-corrected chi connectivity index (χ4v) is 5.01. The molecule has 0 spiro atoms. The molecule has 2 aromatic carbocycles. The van der Waals surface area contributed by atoms with E-state index in [4.69, 9.17) is 18.9 Å². The van der Waals surface area contributed by atoms with E-state index in [1.807, 2.05) is 36.4 Å². The zero-order valence-electron chi connectivity index (χ0n) is 22.8. The van der Waals surface area contributed by atoms with Gasteiger partial charge in [0.15, 0.2) is 29.5 Å². The summed E-state index contributed by atoms with van der Waals surface area (Å²) < 4.78 is 40.5. The number of aromatic nitrogens is 4. The number of benzene rings is 2. The molecule has 2 fully saturated rings. The molecular formula is C29H27FN6O7. The van der Waals surface area contributed by atoms with E-state index >= 15 is 0 Å². The number of carboxylic acid groups (broad SMARTS) is 1. The maximum atomic E-state index is 14.2. The number of amides is 2. The maximum Gasteiger partial charge on any atom is 0.342 e. The number of urea groups is 1. The molecule has 4 aromatic rings. The van der Waals surface area contributed by atoms with Crippen molar-refractivity contribution >= 4 is 35.1 Å². The lowest BCUT2D eigenvalue weighted by atomic mass is 10.1. The van der Waals surface area contributed by atoms with Gasteiger partial charge in [0.1, 0.15) is 48.4 Å². The highest BCUT2D eigenvalue weighted by Crippen LogP contribution is 2.41. The first kappa shape index (κ1) is 28.2. The second kappa shape index (κ2) is 12.1. The van der Waals surface area contributed by atoms with Crippen molar-refractivity contribution in [3.05, 3.63) is 84.2 Å². The number of carboxylic acids is 1. The number of hydrogen-bond donors (Lipinski definition) is 3. The number of nitrogens with zero attached hydrogens (tertiary/aromatic N) is 4. The van der Waals surface area contributed by atoms with Crippen LogP contribution >= 0.6 is 0 Å². The molecule has 5 atom stereocenters. The minimum Gasteiger partial charge on any atom is -0.490 e. The first-order valence-corrected chi connectivity index (χ1v) is 13.5. The number of aromatic carboxylic acids is 1. The second-order valence-electron chi connectivity index (χ2n) is 9.66. The predicted molar refractivity (Wildman–Crippen MR) is 150 cm³/mol. The quantitative estimate of drug-likeness (QED) is 0.263. The zero-order chi connectivity index (χ0) is 29.9. The minimum absolute atomic E-state index is 0.141. The number of imidazole rings is 1. The first-order chi connectivity index (χ1) is 20.9. The van der Waals surface area contributed by atoms with Gasteiger partial charge in [-0.05, 0) is 30.7 Å². The molecule has 0 bridgehead atoms. The normalized spacial score (nSPS) is 23.0. The van der Waals surface area contributed by atoms with E-state index in [0.29, 0.717) is 17.7 Å². The number of rotatable bonds is 9. The molecule has 2 amide bonds. The molecular weight excluding hydrogens is 563 g/mol. The van der Waals surface area contributed by atoms with E-state index in [0.717, 1.165) is 11.6 Å². The molecule has 14 heteroatoms. The Morgan fingerprint density at radius 3 is 2.67 bits per heavy atom. The lowest BCUT2D eigenvalue weighted by Gasteiger charge is -2.21. The van der Waals surface area contributed by atoms with Crippen LogP contribution in [-0.2, 0) is 14.2 Å². The van der Waals surface area contributed by atoms with Gasteiger partial charge in [-0.2, -0.15) is 0 Å². The van der Waals surface area contributed by atoms with Gasteiger partial charge < -0.3 is 29.4 Å². The molecule has 5 unspecified atom stereocenters. The molecule has 0 radical (unpaired) electrons. The van der Waals surface area contributed by atoms with Gasteiger partial charge in [-0.25, -0.2) is 28.9 Å². The number of ether oxygens (including phenoxy) is 4. The summed E-state index contributed by atoms with van der Waals surface area (Å²) in [6, 6.07) is 13.0. The molecule has 6 rings (SSSR count). The van der Waals surface area contributed by atoms with Crippen LogP contribution in [0.3, 0.4) is 0 Å². The van der Waals surface area contributed by atoms with Crippen LogP contribution in [0.2, 0.25) is 0 Å². The lowest BCUT2D eigenvalue weighted by Crippen LogP contribution is -2.33. The molecule has 4 heterocycles. The molecule has 2 saturated heterocycles. The van der Waals surface area contributed by atoms with Crippen molar-refractivity contribution in [3.8, 4) is 5.75 Å². The van der Waals surface area contributed by atoms with Gasteiger partial charge in [0, 0.05) is 6.54 Å². The summed E-state index contributed by atoms with van der Waals surface area (Å²) >= 11 is 0. The Labute approximate surface area is 244 Å². The van der Waals surface area contributed by atoms with Crippen LogP contribution in [0.1, 0.15) is 29.1 Å². The Morgan fingerprint density at radius 2 is 1.88 bits per heavy atom. The summed E-state index contributed by atoms with van der Waals surface area (Å²) in [6.07, 6.45) is 2.87. The minimum atomic E-state index is -1.45. The largest absolute Gasteiger partial charge is 0.490 e. The van der Waals surface area contributed by atoms with Crippen molar-refractivity contribution in [1.82, 2.24) is 24.8 Å². The van der Waals surface area contributed by atoms with Gasteiger partial charge in [0.05, 0.1) is 6.33 Å². The van der Waals surface area contributed by atoms with Crippen molar-refractivity contribution in [2.24, 2.45) is 0 Å². The fraction of sp³-hybridized carbons (Fsp3) is 0.276. The number of halogens is 1. The summed E-state index contributed by atoms with van der Waals surface area (Å²) in [4.78, 5) is 36.7. The van der Waals surface area contributed by atoms with Crippen molar-refractivity contribution in [1.29, 1.82) is 0 Å². The van der Waals surface area contributed by atoms with Crippen LogP contribution in [-0.4, -0.2) is 74.4 Å². The Bertz CT molecular complexity index is 1670. The fourth-order valence-electron chi connectivity index (χ4n) is 5.01. The number of hydrogen-bond acceptors (Lipinski definition) is 9. The summed E-state index contributed by atoms with van der Waals surface area (Å²) in [5.41, 5.74) is 1.08. The van der Waals surface area contributed by atoms with Crippen LogP contribution in [0.25, 0.3) is 17.2 Å². The molecule has 2 aromatic heterocycles. The summed E-state index contributed by atoms with van der Waals surface area (Å²) in [7, 11) is 0. The van der Waals surface area contributed by atoms with Gasteiger partial charge in [-0.3, -0.25) is 9.88 Å². The summed E-state index contributed by atoms with van der Waals surface area (Å²) in [6.45, 7) is 2.06. The molecule has 13 nitrogen and oxygen atoms in total. The number of nitrogens with one attached hydrogen (secondary N) is 2. The van der Waals surface area contributed by atoms with Gasteiger partial charge in [0.25, 0.3) is 0 Å². The highest BCUT2D eigenvalue weighted by atomic mass is 19.1. The smallest absolute Gasteiger partial charge is 0.342 e. The lowest BCUT2D eigenvalue weighted by molar-refractivity contribution is -0.131. The number of fused-ring (bicyclic) bond motifs is 2. The third-order valence-electron chi connectivity index (χ3n) is 6.91. The molecule has 2 aliphatic rings. The maximum absolute atomic E-state index is 14.2. The predicted octanol–water partition coefficient (Wildman–Crippen LogP) is 3.60. The molecule has 2 aliphatic heterocycles. The third kappa shape index (κ3) is 5.75. The topological polar surface area (TPSA) is 159 Å². The highest BCUT2D eigenvalue weighted by molar-refractivity contribution is 5.95.